The number of esters is 1. The molecule has 5 nitrogen and oxygen atoms in total. The normalized spacial score (nSPS) is 24.2. The molecular weight excluding hydrogens is 220 g/mol. The SMILES string of the molecule is O=C(CN1CCCNCC1)OC1CCOCC1. The van der Waals surface area contributed by atoms with Gasteiger partial charge in [0.2, 0.25) is 0 Å². The molecule has 98 valence electrons. The van der Waals surface area contributed by atoms with E-state index in [2.05, 4.69) is 10.2 Å². The molecule has 2 heterocycles. The molecule has 0 aliphatic carbocycles. The van der Waals surface area contributed by atoms with Gasteiger partial charge in [-0.2, -0.15) is 0 Å². The molecule has 1 N–H and O–H groups in total. The highest BCUT2D eigenvalue weighted by Crippen LogP contribution is 2.11. The zero-order chi connectivity index (χ0) is 11.9. The summed E-state index contributed by atoms with van der Waals surface area (Å²) in [5, 5.41) is 3.32. The Hall–Kier alpha value is -0.650. The van der Waals surface area contributed by atoms with E-state index < -0.39 is 0 Å². The van der Waals surface area contributed by atoms with Gasteiger partial charge in [0.1, 0.15) is 6.10 Å². The van der Waals surface area contributed by atoms with Gasteiger partial charge in [0, 0.05) is 25.9 Å². The van der Waals surface area contributed by atoms with E-state index in [1.165, 1.54) is 0 Å². The minimum absolute atomic E-state index is 0.0707. The summed E-state index contributed by atoms with van der Waals surface area (Å²) in [5.74, 6) is -0.0844. The molecule has 0 aromatic rings. The van der Waals surface area contributed by atoms with E-state index in [4.69, 9.17) is 9.47 Å². The summed E-state index contributed by atoms with van der Waals surface area (Å²) in [6.45, 7) is 5.78. The second-order valence-electron chi connectivity index (χ2n) is 4.68. The first kappa shape index (κ1) is 12.8. The maximum atomic E-state index is 11.8. The number of carbonyl (C=O) groups excluding carboxylic acids is 1. The highest BCUT2D eigenvalue weighted by Gasteiger charge is 2.20. The van der Waals surface area contributed by atoms with Crippen LogP contribution in [0, 0.1) is 0 Å². The van der Waals surface area contributed by atoms with Crippen LogP contribution in [0.5, 0.6) is 0 Å². The second kappa shape index (κ2) is 6.93. The summed E-state index contributed by atoms with van der Waals surface area (Å²) in [6.07, 6.45) is 2.85. The molecule has 2 saturated heterocycles. The van der Waals surface area contributed by atoms with Crippen molar-refractivity contribution in [2.75, 3.05) is 45.9 Å². The second-order valence-corrected chi connectivity index (χ2v) is 4.68. The van der Waals surface area contributed by atoms with E-state index in [1.54, 1.807) is 0 Å². The van der Waals surface area contributed by atoms with Gasteiger partial charge in [-0.1, -0.05) is 0 Å². The molecule has 17 heavy (non-hydrogen) atoms. The molecule has 0 saturated carbocycles. The summed E-state index contributed by atoms with van der Waals surface area (Å²) >= 11 is 0. The Labute approximate surface area is 102 Å². The molecule has 2 fully saturated rings. The number of hydrogen-bond acceptors (Lipinski definition) is 5. The van der Waals surface area contributed by atoms with E-state index in [9.17, 15) is 4.79 Å². The van der Waals surface area contributed by atoms with Crippen LogP contribution in [-0.4, -0.2) is 62.9 Å². The van der Waals surface area contributed by atoms with Crippen molar-refractivity contribution < 1.29 is 14.3 Å². The first-order valence-corrected chi connectivity index (χ1v) is 6.55. The lowest BCUT2D eigenvalue weighted by atomic mass is 10.1. The third-order valence-electron chi connectivity index (χ3n) is 3.25. The van der Waals surface area contributed by atoms with Gasteiger partial charge in [-0.25, -0.2) is 0 Å². The van der Waals surface area contributed by atoms with Crippen molar-refractivity contribution in [3.8, 4) is 0 Å². The highest BCUT2D eigenvalue weighted by atomic mass is 16.6. The highest BCUT2D eigenvalue weighted by molar-refractivity contribution is 5.71. The van der Waals surface area contributed by atoms with Crippen LogP contribution in [0.1, 0.15) is 19.3 Å². The Balaban J connectivity index is 1.68. The fourth-order valence-corrected chi connectivity index (χ4v) is 2.26. The fourth-order valence-electron chi connectivity index (χ4n) is 2.26. The van der Waals surface area contributed by atoms with Crippen LogP contribution in [0.3, 0.4) is 0 Å². The summed E-state index contributed by atoms with van der Waals surface area (Å²) in [7, 11) is 0. The first-order valence-electron chi connectivity index (χ1n) is 6.55. The van der Waals surface area contributed by atoms with Crippen molar-refractivity contribution in [1.29, 1.82) is 0 Å². The molecular formula is C12H22N2O3. The summed E-state index contributed by atoms with van der Waals surface area (Å²) < 4.78 is 10.7. The van der Waals surface area contributed by atoms with Gasteiger partial charge in [0.15, 0.2) is 0 Å². The topological polar surface area (TPSA) is 50.8 Å². The van der Waals surface area contributed by atoms with Gasteiger partial charge in [0.25, 0.3) is 0 Å². The molecule has 0 atom stereocenters. The van der Waals surface area contributed by atoms with Gasteiger partial charge in [0.05, 0.1) is 19.8 Å². The molecule has 0 aromatic carbocycles. The van der Waals surface area contributed by atoms with Crippen LogP contribution >= 0.6 is 0 Å². The van der Waals surface area contributed by atoms with Gasteiger partial charge in [-0.3, -0.25) is 9.69 Å². The number of rotatable bonds is 3. The smallest absolute Gasteiger partial charge is 0.320 e. The number of carbonyl (C=O) groups is 1. The van der Waals surface area contributed by atoms with E-state index in [1.807, 2.05) is 0 Å². The average Bonchev–Trinajstić information content (AvgIpc) is 2.59. The maximum absolute atomic E-state index is 11.8. The summed E-state index contributed by atoms with van der Waals surface area (Å²) in [6, 6.07) is 0. The Bertz CT molecular complexity index is 234. The minimum Gasteiger partial charge on any atom is -0.461 e. The van der Waals surface area contributed by atoms with Crippen LogP contribution in [0.4, 0.5) is 0 Å². The Kier molecular flexibility index (Phi) is 5.22. The molecule has 0 amide bonds. The van der Waals surface area contributed by atoms with Crippen molar-refractivity contribution in [3.63, 3.8) is 0 Å². The lowest BCUT2D eigenvalue weighted by Gasteiger charge is -2.24. The molecule has 2 aliphatic rings. The minimum atomic E-state index is -0.0844. The van der Waals surface area contributed by atoms with Gasteiger partial charge in [-0.15, -0.1) is 0 Å². The van der Waals surface area contributed by atoms with Crippen LogP contribution in [0.15, 0.2) is 0 Å². The third kappa shape index (κ3) is 4.61. The largest absolute Gasteiger partial charge is 0.461 e. The van der Waals surface area contributed by atoms with Gasteiger partial charge < -0.3 is 14.8 Å². The standard InChI is InChI=1S/C12H22N2O3/c15-12(17-11-2-8-16-9-3-11)10-14-6-1-4-13-5-7-14/h11,13H,1-10H2. The number of nitrogens with one attached hydrogen (secondary N) is 1. The van der Waals surface area contributed by atoms with Crippen molar-refractivity contribution in [1.82, 2.24) is 10.2 Å². The van der Waals surface area contributed by atoms with Crippen molar-refractivity contribution in [3.05, 3.63) is 0 Å². The fraction of sp³-hybridized carbons (Fsp3) is 0.917. The van der Waals surface area contributed by atoms with Crippen molar-refractivity contribution in [2.45, 2.75) is 25.4 Å². The van der Waals surface area contributed by atoms with Crippen LogP contribution in [0.25, 0.3) is 0 Å². The third-order valence-corrected chi connectivity index (χ3v) is 3.25. The van der Waals surface area contributed by atoms with Gasteiger partial charge >= 0.3 is 5.97 Å². The van der Waals surface area contributed by atoms with E-state index in [-0.39, 0.29) is 12.1 Å². The number of ether oxygens (including phenoxy) is 2. The monoisotopic (exact) mass is 242 g/mol. The van der Waals surface area contributed by atoms with E-state index in [0.717, 1.165) is 45.4 Å². The molecule has 5 heteroatoms. The molecule has 0 spiro atoms. The lowest BCUT2D eigenvalue weighted by molar-refractivity contribution is -0.154. The Morgan fingerprint density at radius 2 is 2.12 bits per heavy atom. The quantitative estimate of drug-likeness (QED) is 0.706. The molecule has 2 rings (SSSR count). The van der Waals surface area contributed by atoms with E-state index >= 15 is 0 Å². The predicted molar refractivity (Wildman–Crippen MR) is 63.9 cm³/mol. The van der Waals surface area contributed by atoms with Crippen LogP contribution in [-0.2, 0) is 14.3 Å². The maximum Gasteiger partial charge on any atom is 0.320 e. The molecule has 0 radical (unpaired) electrons. The molecule has 0 aromatic heterocycles. The Morgan fingerprint density at radius 1 is 1.29 bits per heavy atom. The lowest BCUT2D eigenvalue weighted by Crippen LogP contribution is -2.36. The van der Waals surface area contributed by atoms with Gasteiger partial charge in [-0.05, 0) is 19.5 Å². The molecule has 0 bridgehead atoms. The predicted octanol–water partition coefficient (Wildman–Crippen LogP) is 0.00390. The number of hydrogen-bond donors (Lipinski definition) is 1. The van der Waals surface area contributed by atoms with Crippen molar-refractivity contribution in [2.24, 2.45) is 0 Å². The van der Waals surface area contributed by atoms with Crippen molar-refractivity contribution >= 4 is 5.97 Å². The van der Waals surface area contributed by atoms with Crippen LogP contribution in [0.2, 0.25) is 0 Å². The zero-order valence-electron chi connectivity index (χ0n) is 10.3. The molecule has 0 unspecified atom stereocenters. The summed E-state index contributed by atoms with van der Waals surface area (Å²) in [4.78, 5) is 13.9. The average molecular weight is 242 g/mol. The Morgan fingerprint density at radius 3 is 2.94 bits per heavy atom. The number of nitrogens with zero attached hydrogens (tertiary/aromatic N) is 1. The first-order chi connectivity index (χ1) is 8.34. The van der Waals surface area contributed by atoms with Crippen LogP contribution < -0.4 is 5.32 Å². The van der Waals surface area contributed by atoms with E-state index in [0.29, 0.717) is 19.8 Å². The summed E-state index contributed by atoms with van der Waals surface area (Å²) in [5.41, 5.74) is 0. The molecule has 2 aliphatic heterocycles. The zero-order valence-corrected chi connectivity index (χ0v) is 10.3.